The van der Waals surface area contributed by atoms with Crippen LogP contribution < -0.4 is 10.2 Å². The summed E-state index contributed by atoms with van der Waals surface area (Å²) >= 11 is 0. The van der Waals surface area contributed by atoms with Gasteiger partial charge in [0.25, 0.3) is 0 Å². The second kappa shape index (κ2) is 6.00. The van der Waals surface area contributed by atoms with Crippen LogP contribution in [0.3, 0.4) is 0 Å². The van der Waals surface area contributed by atoms with Crippen LogP contribution in [0.2, 0.25) is 0 Å². The average Bonchev–Trinajstić information content (AvgIpc) is 3.10. The molecule has 1 aliphatic heterocycles. The topological polar surface area (TPSA) is 32.3 Å². The summed E-state index contributed by atoms with van der Waals surface area (Å²) in [5, 5.41) is 3.03. The summed E-state index contributed by atoms with van der Waals surface area (Å²) in [6.45, 7) is 1.90. The highest BCUT2D eigenvalue weighted by Gasteiger charge is 2.50. The van der Waals surface area contributed by atoms with Crippen LogP contribution in [0.1, 0.15) is 44.9 Å². The predicted octanol–water partition coefficient (Wildman–Crippen LogP) is 4.44. The van der Waals surface area contributed by atoms with Gasteiger partial charge < -0.3 is 10.2 Å². The van der Waals surface area contributed by atoms with Gasteiger partial charge in [-0.05, 0) is 80.8 Å². The number of para-hydroxylation sites is 1. The van der Waals surface area contributed by atoms with Crippen molar-refractivity contribution in [2.45, 2.75) is 44.9 Å². The minimum Gasteiger partial charge on any atom is -0.370 e. The maximum absolute atomic E-state index is 14.5. The Morgan fingerprint density at radius 2 is 1.64 bits per heavy atom. The minimum absolute atomic E-state index is 0.0688. The molecule has 1 saturated heterocycles. The van der Waals surface area contributed by atoms with Crippen molar-refractivity contribution in [2.75, 3.05) is 23.3 Å². The maximum Gasteiger partial charge on any atom is 0.228 e. The standard InChI is InChI=1S/C21H27FN2O/c22-17-4-3-5-18(24-6-1-2-7-24)20(17)23-21(25)19-15-9-13-8-14(11-15)12-16(19)10-13/h3-5,13-16,19H,1-2,6-12H2,(H,23,25). The molecule has 134 valence electrons. The van der Waals surface area contributed by atoms with Gasteiger partial charge in [0, 0.05) is 19.0 Å². The Morgan fingerprint density at radius 3 is 2.28 bits per heavy atom. The van der Waals surface area contributed by atoms with E-state index in [9.17, 15) is 9.18 Å². The lowest BCUT2D eigenvalue weighted by Crippen LogP contribution is -2.49. The summed E-state index contributed by atoms with van der Waals surface area (Å²) in [5.41, 5.74) is 1.26. The van der Waals surface area contributed by atoms with Gasteiger partial charge in [-0.3, -0.25) is 4.79 Å². The monoisotopic (exact) mass is 342 g/mol. The fourth-order valence-electron chi connectivity index (χ4n) is 6.42. The molecule has 0 aromatic heterocycles. The van der Waals surface area contributed by atoms with E-state index in [-0.39, 0.29) is 17.6 Å². The average molecular weight is 342 g/mol. The Labute approximate surface area is 149 Å². The molecule has 0 spiro atoms. The first-order chi connectivity index (χ1) is 12.2. The molecule has 3 nitrogen and oxygen atoms in total. The Morgan fingerprint density at radius 1 is 1.00 bits per heavy atom. The largest absolute Gasteiger partial charge is 0.370 e. The number of carbonyl (C=O) groups is 1. The van der Waals surface area contributed by atoms with E-state index in [0.29, 0.717) is 17.5 Å². The number of benzene rings is 1. The molecule has 0 unspecified atom stereocenters. The van der Waals surface area contributed by atoms with E-state index < -0.39 is 0 Å². The number of carbonyl (C=O) groups excluding carboxylic acids is 1. The van der Waals surface area contributed by atoms with Crippen LogP contribution in [0.4, 0.5) is 15.8 Å². The van der Waals surface area contributed by atoms with E-state index in [0.717, 1.165) is 43.5 Å². The SMILES string of the molecule is O=C(Nc1c(F)cccc1N1CCCC1)C1C2CC3CC(C2)CC1C3. The summed E-state index contributed by atoms with van der Waals surface area (Å²) in [6, 6.07) is 5.16. The third-order valence-corrected chi connectivity index (χ3v) is 7.22. The van der Waals surface area contributed by atoms with Crippen molar-refractivity contribution in [2.24, 2.45) is 29.6 Å². The number of anilines is 2. The van der Waals surface area contributed by atoms with E-state index in [4.69, 9.17) is 0 Å². The van der Waals surface area contributed by atoms with Crippen molar-refractivity contribution in [3.8, 4) is 0 Å². The molecule has 1 aromatic rings. The molecule has 1 aromatic carbocycles. The van der Waals surface area contributed by atoms with Crippen molar-refractivity contribution in [3.05, 3.63) is 24.0 Å². The van der Waals surface area contributed by atoms with Crippen LogP contribution in [-0.2, 0) is 4.79 Å². The van der Waals surface area contributed by atoms with Gasteiger partial charge in [0.1, 0.15) is 11.5 Å². The molecule has 0 radical (unpaired) electrons. The highest BCUT2D eigenvalue weighted by atomic mass is 19.1. The van der Waals surface area contributed by atoms with Crippen molar-refractivity contribution >= 4 is 17.3 Å². The lowest BCUT2D eigenvalue weighted by Gasteiger charge is -2.53. The normalized spacial score (nSPS) is 36.0. The third kappa shape index (κ3) is 2.65. The summed E-state index contributed by atoms with van der Waals surface area (Å²) in [4.78, 5) is 15.3. The Balaban J connectivity index is 1.39. The Bertz CT molecular complexity index is 654. The second-order valence-corrected chi connectivity index (χ2v) is 8.77. The van der Waals surface area contributed by atoms with Crippen molar-refractivity contribution in [3.63, 3.8) is 0 Å². The van der Waals surface area contributed by atoms with Crippen molar-refractivity contribution in [1.29, 1.82) is 0 Å². The molecule has 25 heavy (non-hydrogen) atoms. The second-order valence-electron chi connectivity index (χ2n) is 8.77. The van der Waals surface area contributed by atoms with Crippen LogP contribution in [0, 0.1) is 35.4 Å². The van der Waals surface area contributed by atoms with Crippen LogP contribution in [-0.4, -0.2) is 19.0 Å². The molecule has 0 atom stereocenters. The molecule has 1 amide bonds. The number of nitrogens with one attached hydrogen (secondary N) is 1. The molecule has 6 rings (SSSR count). The molecule has 5 fully saturated rings. The number of hydrogen-bond donors (Lipinski definition) is 1. The van der Waals surface area contributed by atoms with Crippen LogP contribution in [0.15, 0.2) is 18.2 Å². The summed E-state index contributed by atoms with van der Waals surface area (Å²) < 4.78 is 14.5. The Kier molecular flexibility index (Phi) is 3.76. The molecule has 1 N–H and O–H groups in total. The number of amides is 1. The summed E-state index contributed by atoms with van der Waals surface area (Å²) in [7, 11) is 0. The molecule has 1 heterocycles. The van der Waals surface area contributed by atoms with Gasteiger partial charge in [-0.25, -0.2) is 4.39 Å². The zero-order chi connectivity index (χ0) is 17.0. The molecular weight excluding hydrogens is 315 g/mol. The smallest absolute Gasteiger partial charge is 0.228 e. The Hall–Kier alpha value is -1.58. The number of hydrogen-bond acceptors (Lipinski definition) is 2. The van der Waals surface area contributed by atoms with Gasteiger partial charge >= 0.3 is 0 Å². The molecule has 4 bridgehead atoms. The van der Waals surface area contributed by atoms with Crippen LogP contribution in [0.25, 0.3) is 0 Å². The zero-order valence-electron chi connectivity index (χ0n) is 14.7. The van der Waals surface area contributed by atoms with E-state index in [2.05, 4.69) is 10.2 Å². The van der Waals surface area contributed by atoms with E-state index in [1.54, 1.807) is 6.07 Å². The van der Waals surface area contributed by atoms with Crippen LogP contribution in [0.5, 0.6) is 0 Å². The van der Waals surface area contributed by atoms with Crippen molar-refractivity contribution in [1.82, 2.24) is 0 Å². The molecular formula is C21H27FN2O. The fourth-order valence-corrected chi connectivity index (χ4v) is 6.42. The van der Waals surface area contributed by atoms with Gasteiger partial charge in [-0.15, -0.1) is 0 Å². The van der Waals surface area contributed by atoms with Gasteiger partial charge in [-0.2, -0.15) is 0 Å². The number of halogens is 1. The first-order valence-corrected chi connectivity index (χ1v) is 10.0. The highest BCUT2D eigenvalue weighted by Crippen LogP contribution is 2.56. The molecule has 5 aliphatic rings. The van der Waals surface area contributed by atoms with Crippen molar-refractivity contribution < 1.29 is 9.18 Å². The van der Waals surface area contributed by atoms with E-state index >= 15 is 0 Å². The predicted molar refractivity (Wildman–Crippen MR) is 97.0 cm³/mol. The molecule has 4 saturated carbocycles. The van der Waals surface area contributed by atoms with Gasteiger partial charge in [0.15, 0.2) is 0 Å². The minimum atomic E-state index is -0.304. The maximum atomic E-state index is 14.5. The quantitative estimate of drug-likeness (QED) is 0.881. The first-order valence-electron chi connectivity index (χ1n) is 10.0. The molecule has 4 heteroatoms. The summed E-state index contributed by atoms with van der Waals surface area (Å²) in [6.07, 6.45) is 8.50. The van der Waals surface area contributed by atoms with Crippen LogP contribution >= 0.6 is 0 Å². The van der Waals surface area contributed by atoms with Gasteiger partial charge in [-0.1, -0.05) is 6.07 Å². The highest BCUT2D eigenvalue weighted by molar-refractivity contribution is 5.96. The van der Waals surface area contributed by atoms with E-state index in [1.807, 2.05) is 6.07 Å². The first kappa shape index (κ1) is 15.7. The zero-order valence-corrected chi connectivity index (χ0v) is 14.7. The van der Waals surface area contributed by atoms with Gasteiger partial charge in [0.05, 0.1) is 5.69 Å². The number of rotatable bonds is 3. The summed E-state index contributed by atoms with van der Waals surface area (Å²) in [5.74, 6) is 2.61. The number of nitrogens with zero attached hydrogens (tertiary/aromatic N) is 1. The lowest BCUT2D eigenvalue weighted by atomic mass is 9.51. The van der Waals surface area contributed by atoms with E-state index in [1.165, 1.54) is 38.2 Å². The van der Waals surface area contributed by atoms with Gasteiger partial charge in [0.2, 0.25) is 5.91 Å². The third-order valence-electron chi connectivity index (χ3n) is 7.22. The fraction of sp³-hybridized carbons (Fsp3) is 0.667. The molecule has 4 aliphatic carbocycles. The lowest BCUT2D eigenvalue weighted by molar-refractivity contribution is -0.132.